The van der Waals surface area contributed by atoms with Gasteiger partial charge in [0.2, 0.25) is 0 Å². The number of amides is 1. The van der Waals surface area contributed by atoms with Gasteiger partial charge in [-0.3, -0.25) is 14.6 Å². The molecule has 8 nitrogen and oxygen atoms in total. The van der Waals surface area contributed by atoms with Gasteiger partial charge in [0.15, 0.2) is 0 Å². The van der Waals surface area contributed by atoms with Crippen molar-refractivity contribution < 1.29 is 29.3 Å². The Hall–Kier alpha value is -4.33. The van der Waals surface area contributed by atoms with E-state index in [-0.39, 0.29) is 34.9 Å². The van der Waals surface area contributed by atoms with E-state index in [1.54, 1.807) is 54.9 Å². The number of Topliss-reactive ketones (excluding diaryl/α,β-unsaturated/α-hetero) is 1. The molecule has 3 aromatic rings. The van der Waals surface area contributed by atoms with Crippen molar-refractivity contribution in [2.24, 2.45) is 0 Å². The van der Waals surface area contributed by atoms with E-state index in [2.05, 4.69) is 4.98 Å². The van der Waals surface area contributed by atoms with E-state index >= 15 is 0 Å². The summed E-state index contributed by atoms with van der Waals surface area (Å²) in [5.41, 5.74) is 1.34. The highest BCUT2D eigenvalue weighted by molar-refractivity contribution is 6.46. The topological polar surface area (TPSA) is 109 Å². The number of ether oxygens (including phenoxy) is 2. The molecular weight excluding hydrogens is 424 g/mol. The monoisotopic (exact) mass is 446 g/mol. The van der Waals surface area contributed by atoms with E-state index in [0.29, 0.717) is 5.56 Å². The fourth-order valence-corrected chi connectivity index (χ4v) is 3.95. The van der Waals surface area contributed by atoms with Crippen LogP contribution in [0.3, 0.4) is 0 Å². The number of methoxy groups -OCH3 is 2. The van der Waals surface area contributed by atoms with Crippen LogP contribution in [0.25, 0.3) is 5.76 Å². The standard InChI is InChI=1S/C25H22N2O6/c1-32-18-6-3-7-19(33-2)20(18)23(29)21-22(16-8-10-17(28)11-9-16)27(25(31)24(21)30)14-15-5-4-12-26-13-15/h3-13,22,28-29H,14H2,1-2H3/b23-21+. The van der Waals surface area contributed by atoms with E-state index < -0.39 is 23.5 Å². The van der Waals surface area contributed by atoms with Crippen LogP contribution in [0.5, 0.6) is 17.2 Å². The number of pyridine rings is 1. The summed E-state index contributed by atoms with van der Waals surface area (Å²) in [5, 5.41) is 21.1. The Balaban J connectivity index is 1.93. The lowest BCUT2D eigenvalue weighted by molar-refractivity contribution is -0.140. The van der Waals surface area contributed by atoms with Crippen LogP contribution >= 0.6 is 0 Å². The van der Waals surface area contributed by atoms with Crippen molar-refractivity contribution in [2.75, 3.05) is 14.2 Å². The number of phenols is 1. The molecule has 2 heterocycles. The summed E-state index contributed by atoms with van der Waals surface area (Å²) < 4.78 is 10.8. The molecule has 1 aliphatic heterocycles. The Morgan fingerprint density at radius 2 is 1.67 bits per heavy atom. The molecule has 0 spiro atoms. The van der Waals surface area contributed by atoms with Gasteiger partial charge in [-0.15, -0.1) is 0 Å². The molecule has 1 unspecified atom stereocenters. The number of hydrogen-bond donors (Lipinski definition) is 2. The van der Waals surface area contributed by atoms with Gasteiger partial charge in [-0.25, -0.2) is 0 Å². The molecule has 0 radical (unpaired) electrons. The second-order valence-corrected chi connectivity index (χ2v) is 7.42. The Morgan fingerprint density at radius 1 is 1.00 bits per heavy atom. The maximum absolute atomic E-state index is 13.2. The van der Waals surface area contributed by atoms with Gasteiger partial charge in [0.05, 0.1) is 25.8 Å². The van der Waals surface area contributed by atoms with E-state index in [1.807, 2.05) is 0 Å². The SMILES string of the molecule is COc1cccc(OC)c1/C(O)=C1\C(=O)C(=O)N(Cc2cccnc2)C1c1ccc(O)cc1. The maximum Gasteiger partial charge on any atom is 0.295 e. The van der Waals surface area contributed by atoms with Gasteiger partial charge in [-0.05, 0) is 41.5 Å². The number of phenolic OH excluding ortho intramolecular Hbond substituents is 1. The van der Waals surface area contributed by atoms with Crippen molar-refractivity contribution in [2.45, 2.75) is 12.6 Å². The molecule has 1 amide bonds. The molecule has 0 saturated carbocycles. The number of benzene rings is 2. The van der Waals surface area contributed by atoms with E-state index in [9.17, 15) is 19.8 Å². The molecule has 1 saturated heterocycles. The number of aromatic hydroxyl groups is 1. The smallest absolute Gasteiger partial charge is 0.295 e. The first kappa shape index (κ1) is 21.9. The average Bonchev–Trinajstić information content (AvgIpc) is 3.09. The number of carbonyl (C=O) groups is 2. The number of nitrogens with zero attached hydrogens (tertiary/aromatic N) is 2. The molecule has 0 aliphatic carbocycles. The average molecular weight is 446 g/mol. The van der Waals surface area contributed by atoms with Gasteiger partial charge in [-0.2, -0.15) is 0 Å². The van der Waals surface area contributed by atoms with Crippen LogP contribution in [-0.2, 0) is 16.1 Å². The molecule has 0 bridgehead atoms. The van der Waals surface area contributed by atoms with Crippen molar-refractivity contribution in [1.82, 2.24) is 9.88 Å². The van der Waals surface area contributed by atoms with Crippen molar-refractivity contribution in [3.8, 4) is 17.2 Å². The lowest BCUT2D eigenvalue weighted by atomic mass is 9.94. The predicted octanol–water partition coefficient (Wildman–Crippen LogP) is 3.43. The third kappa shape index (κ3) is 3.98. The van der Waals surface area contributed by atoms with Gasteiger partial charge in [-0.1, -0.05) is 24.3 Å². The van der Waals surface area contributed by atoms with Crippen molar-refractivity contribution >= 4 is 17.4 Å². The molecule has 4 rings (SSSR count). The zero-order chi connectivity index (χ0) is 23.5. The Labute approximate surface area is 190 Å². The third-order valence-electron chi connectivity index (χ3n) is 5.49. The Bertz CT molecular complexity index is 1200. The van der Waals surface area contributed by atoms with Crippen LogP contribution in [0.1, 0.15) is 22.7 Å². The highest BCUT2D eigenvalue weighted by Crippen LogP contribution is 2.44. The van der Waals surface area contributed by atoms with Crippen LogP contribution in [0, 0.1) is 0 Å². The molecule has 1 aliphatic rings. The predicted molar refractivity (Wildman–Crippen MR) is 120 cm³/mol. The third-order valence-corrected chi connectivity index (χ3v) is 5.49. The highest BCUT2D eigenvalue weighted by Gasteiger charge is 2.46. The zero-order valence-electron chi connectivity index (χ0n) is 18.1. The Morgan fingerprint density at radius 3 is 2.24 bits per heavy atom. The van der Waals surface area contributed by atoms with E-state index in [0.717, 1.165) is 5.56 Å². The van der Waals surface area contributed by atoms with Crippen LogP contribution in [0.15, 0.2) is 72.6 Å². The Kier molecular flexibility index (Phi) is 5.99. The van der Waals surface area contributed by atoms with Gasteiger partial charge in [0.1, 0.15) is 28.6 Å². The number of ketones is 1. The maximum atomic E-state index is 13.2. The minimum Gasteiger partial charge on any atom is -0.508 e. The number of hydrogen-bond acceptors (Lipinski definition) is 7. The molecule has 1 aromatic heterocycles. The lowest BCUT2D eigenvalue weighted by Gasteiger charge is -2.25. The quantitative estimate of drug-likeness (QED) is 0.339. The number of carbonyl (C=O) groups excluding carboxylic acids is 2. The minimum absolute atomic E-state index is 0.0364. The van der Waals surface area contributed by atoms with Crippen LogP contribution in [0.2, 0.25) is 0 Å². The number of aromatic nitrogens is 1. The highest BCUT2D eigenvalue weighted by atomic mass is 16.5. The van der Waals surface area contributed by atoms with Crippen LogP contribution in [0.4, 0.5) is 0 Å². The number of aliphatic hydroxyl groups excluding tert-OH is 1. The summed E-state index contributed by atoms with van der Waals surface area (Å²) in [5.74, 6) is -1.39. The summed E-state index contributed by atoms with van der Waals surface area (Å²) in [6.45, 7) is 0.101. The second-order valence-electron chi connectivity index (χ2n) is 7.42. The second kappa shape index (κ2) is 9.04. The molecule has 33 heavy (non-hydrogen) atoms. The first-order chi connectivity index (χ1) is 16.0. The van der Waals surface area contributed by atoms with E-state index in [4.69, 9.17) is 9.47 Å². The number of aliphatic hydroxyl groups is 1. The largest absolute Gasteiger partial charge is 0.508 e. The molecule has 2 aromatic carbocycles. The summed E-state index contributed by atoms with van der Waals surface area (Å²) >= 11 is 0. The summed E-state index contributed by atoms with van der Waals surface area (Å²) in [4.78, 5) is 31.8. The minimum atomic E-state index is -0.902. The van der Waals surface area contributed by atoms with Crippen molar-refractivity contribution in [3.05, 3.63) is 89.3 Å². The van der Waals surface area contributed by atoms with Gasteiger partial charge >= 0.3 is 0 Å². The van der Waals surface area contributed by atoms with Crippen molar-refractivity contribution in [1.29, 1.82) is 0 Å². The van der Waals surface area contributed by atoms with E-state index in [1.165, 1.54) is 31.3 Å². The van der Waals surface area contributed by atoms with Crippen LogP contribution < -0.4 is 9.47 Å². The summed E-state index contributed by atoms with van der Waals surface area (Å²) in [6.07, 6.45) is 3.22. The first-order valence-electron chi connectivity index (χ1n) is 10.1. The van der Waals surface area contributed by atoms with Gasteiger partial charge in [0, 0.05) is 18.9 Å². The molecule has 168 valence electrons. The normalized spacial score (nSPS) is 17.3. The van der Waals surface area contributed by atoms with Gasteiger partial charge in [0.25, 0.3) is 11.7 Å². The molecule has 8 heteroatoms. The molecule has 2 N–H and O–H groups in total. The molecule has 1 fully saturated rings. The fraction of sp³-hybridized carbons (Fsp3) is 0.160. The molecular formula is C25H22N2O6. The van der Waals surface area contributed by atoms with Crippen molar-refractivity contribution in [3.63, 3.8) is 0 Å². The summed E-state index contributed by atoms with van der Waals surface area (Å²) in [6, 6.07) is 13.7. The number of rotatable bonds is 6. The summed E-state index contributed by atoms with van der Waals surface area (Å²) in [7, 11) is 2.87. The number of likely N-dealkylation sites (tertiary alicyclic amines) is 1. The zero-order valence-corrected chi connectivity index (χ0v) is 18.1. The first-order valence-corrected chi connectivity index (χ1v) is 10.1. The van der Waals surface area contributed by atoms with Gasteiger partial charge < -0.3 is 24.6 Å². The van der Waals surface area contributed by atoms with Crippen LogP contribution in [-0.4, -0.2) is 46.0 Å². The molecule has 1 atom stereocenters. The fourth-order valence-electron chi connectivity index (χ4n) is 3.95. The lowest BCUT2D eigenvalue weighted by Crippen LogP contribution is -2.29.